The van der Waals surface area contributed by atoms with E-state index in [9.17, 15) is 0 Å². The van der Waals surface area contributed by atoms with E-state index in [4.69, 9.17) is 21.3 Å². The van der Waals surface area contributed by atoms with Gasteiger partial charge in [-0.25, -0.2) is 4.98 Å². The second-order valence-electron chi connectivity index (χ2n) is 4.76. The number of aromatic nitrogens is 2. The van der Waals surface area contributed by atoms with Crippen LogP contribution < -0.4 is 4.74 Å². The summed E-state index contributed by atoms with van der Waals surface area (Å²) in [6, 6.07) is 13.8. The van der Waals surface area contributed by atoms with Crippen LogP contribution in [0.2, 0.25) is 5.02 Å². The van der Waals surface area contributed by atoms with Crippen molar-refractivity contribution in [1.29, 1.82) is 0 Å². The third-order valence-electron chi connectivity index (χ3n) is 3.53. The van der Waals surface area contributed by atoms with Gasteiger partial charge in [0.05, 0.1) is 23.7 Å². The molecule has 98 valence electrons. The molecule has 4 aromatic rings. The number of nitrogens with one attached hydrogen (secondary N) is 1. The molecule has 2 heterocycles. The lowest BCUT2D eigenvalue weighted by Gasteiger charge is -2.00. The van der Waals surface area contributed by atoms with Gasteiger partial charge in [-0.3, -0.25) is 0 Å². The molecule has 2 aromatic heterocycles. The molecule has 0 aliphatic heterocycles. The molecule has 0 saturated carbocycles. The standard InChI is InChI=1S/C16H11ClN2O/c1-20-11-3-5-14-12(8-11)16-15(18-14)7-9-6-10(17)2-4-13(9)19-16/h2-8,18H,1H3. The molecule has 20 heavy (non-hydrogen) atoms. The number of methoxy groups -OCH3 is 1. The fraction of sp³-hybridized carbons (Fsp3) is 0.0625. The van der Waals surface area contributed by atoms with Crippen molar-refractivity contribution < 1.29 is 4.74 Å². The number of rotatable bonds is 1. The summed E-state index contributed by atoms with van der Waals surface area (Å²) < 4.78 is 5.28. The Kier molecular flexibility index (Phi) is 2.38. The van der Waals surface area contributed by atoms with Crippen LogP contribution in [-0.4, -0.2) is 17.1 Å². The Labute approximate surface area is 120 Å². The summed E-state index contributed by atoms with van der Waals surface area (Å²) in [6.45, 7) is 0. The highest BCUT2D eigenvalue weighted by molar-refractivity contribution is 6.31. The first kappa shape index (κ1) is 11.6. The summed E-state index contributed by atoms with van der Waals surface area (Å²) in [5.41, 5.74) is 3.94. The van der Waals surface area contributed by atoms with E-state index in [1.807, 2.05) is 36.4 Å². The van der Waals surface area contributed by atoms with Gasteiger partial charge in [-0.15, -0.1) is 0 Å². The molecule has 0 amide bonds. The topological polar surface area (TPSA) is 37.9 Å². The van der Waals surface area contributed by atoms with Gasteiger partial charge in [-0.1, -0.05) is 11.6 Å². The molecule has 1 N–H and O–H groups in total. The van der Waals surface area contributed by atoms with Gasteiger partial charge in [-0.2, -0.15) is 0 Å². The third-order valence-corrected chi connectivity index (χ3v) is 3.76. The van der Waals surface area contributed by atoms with Crippen LogP contribution in [0.1, 0.15) is 0 Å². The number of halogens is 1. The average Bonchev–Trinajstić information content (AvgIpc) is 2.81. The molecule has 0 aliphatic rings. The molecule has 2 aromatic carbocycles. The van der Waals surface area contributed by atoms with Crippen LogP contribution in [0.15, 0.2) is 42.5 Å². The maximum atomic E-state index is 6.03. The zero-order valence-electron chi connectivity index (χ0n) is 10.8. The van der Waals surface area contributed by atoms with Gasteiger partial charge < -0.3 is 9.72 Å². The Hall–Kier alpha value is -2.26. The number of hydrogen-bond donors (Lipinski definition) is 1. The Morgan fingerprint density at radius 1 is 1.05 bits per heavy atom. The zero-order chi connectivity index (χ0) is 13.7. The van der Waals surface area contributed by atoms with Crippen LogP contribution in [0.5, 0.6) is 5.75 Å². The smallest absolute Gasteiger partial charge is 0.119 e. The highest BCUT2D eigenvalue weighted by Crippen LogP contribution is 2.30. The quantitative estimate of drug-likeness (QED) is 0.557. The van der Waals surface area contributed by atoms with Crippen molar-refractivity contribution in [3.63, 3.8) is 0 Å². The first-order valence-electron chi connectivity index (χ1n) is 6.30. The van der Waals surface area contributed by atoms with E-state index in [-0.39, 0.29) is 0 Å². The van der Waals surface area contributed by atoms with E-state index in [0.717, 1.165) is 43.6 Å². The second kappa shape index (κ2) is 4.12. The van der Waals surface area contributed by atoms with Gasteiger partial charge in [0.2, 0.25) is 0 Å². The number of fused-ring (bicyclic) bond motifs is 4. The SMILES string of the molecule is COc1ccc2[nH]c3cc4cc(Cl)ccc4nc3c2c1. The summed E-state index contributed by atoms with van der Waals surface area (Å²) in [6.07, 6.45) is 0. The molecule has 0 spiro atoms. The van der Waals surface area contributed by atoms with Crippen LogP contribution in [0, 0.1) is 0 Å². The van der Waals surface area contributed by atoms with Gasteiger partial charge in [0.15, 0.2) is 0 Å². The number of nitrogens with zero attached hydrogens (tertiary/aromatic N) is 1. The predicted molar refractivity (Wildman–Crippen MR) is 82.7 cm³/mol. The highest BCUT2D eigenvalue weighted by Gasteiger charge is 2.08. The summed E-state index contributed by atoms with van der Waals surface area (Å²) in [7, 11) is 1.67. The molecule has 0 atom stereocenters. The molecule has 0 aliphatic carbocycles. The minimum Gasteiger partial charge on any atom is -0.497 e. The number of hydrogen-bond acceptors (Lipinski definition) is 2. The predicted octanol–water partition coefficient (Wildman–Crippen LogP) is 4.53. The van der Waals surface area contributed by atoms with Crippen molar-refractivity contribution in [1.82, 2.24) is 9.97 Å². The Bertz CT molecular complexity index is 959. The highest BCUT2D eigenvalue weighted by atomic mass is 35.5. The molecule has 0 unspecified atom stereocenters. The van der Waals surface area contributed by atoms with Gasteiger partial charge in [0.25, 0.3) is 0 Å². The van der Waals surface area contributed by atoms with Crippen LogP contribution >= 0.6 is 11.6 Å². The minimum absolute atomic E-state index is 0.719. The zero-order valence-corrected chi connectivity index (χ0v) is 11.5. The molecule has 4 rings (SSSR count). The molecule has 4 heteroatoms. The molecule has 3 nitrogen and oxygen atoms in total. The number of H-pyrrole nitrogens is 1. The molecule has 0 bridgehead atoms. The average molecular weight is 283 g/mol. The second-order valence-corrected chi connectivity index (χ2v) is 5.19. The molecule has 0 fully saturated rings. The van der Waals surface area contributed by atoms with Gasteiger partial charge in [0, 0.05) is 21.3 Å². The lowest BCUT2D eigenvalue weighted by molar-refractivity contribution is 0.415. The molecule has 0 radical (unpaired) electrons. The van der Waals surface area contributed by atoms with Crippen LogP contribution in [0.4, 0.5) is 0 Å². The van der Waals surface area contributed by atoms with E-state index < -0.39 is 0 Å². The fourth-order valence-electron chi connectivity index (χ4n) is 2.55. The fourth-order valence-corrected chi connectivity index (χ4v) is 2.73. The van der Waals surface area contributed by atoms with Crippen molar-refractivity contribution in [2.24, 2.45) is 0 Å². The largest absolute Gasteiger partial charge is 0.497 e. The molecular weight excluding hydrogens is 272 g/mol. The van der Waals surface area contributed by atoms with Crippen molar-refractivity contribution in [3.05, 3.63) is 47.5 Å². The van der Waals surface area contributed by atoms with Gasteiger partial charge in [-0.05, 0) is 42.5 Å². The Balaban J connectivity index is 2.14. The van der Waals surface area contributed by atoms with Crippen molar-refractivity contribution >= 4 is 44.4 Å². The van der Waals surface area contributed by atoms with Crippen LogP contribution in [-0.2, 0) is 0 Å². The summed E-state index contributed by atoms with van der Waals surface area (Å²) >= 11 is 6.03. The first-order valence-corrected chi connectivity index (χ1v) is 6.68. The minimum atomic E-state index is 0.719. The lowest BCUT2D eigenvalue weighted by atomic mass is 10.2. The monoisotopic (exact) mass is 282 g/mol. The lowest BCUT2D eigenvalue weighted by Crippen LogP contribution is -1.82. The van der Waals surface area contributed by atoms with Crippen molar-refractivity contribution in [3.8, 4) is 5.75 Å². The van der Waals surface area contributed by atoms with Crippen LogP contribution in [0.25, 0.3) is 32.8 Å². The Morgan fingerprint density at radius 3 is 2.80 bits per heavy atom. The number of aromatic amines is 1. The van der Waals surface area contributed by atoms with E-state index in [0.29, 0.717) is 0 Å². The number of benzene rings is 2. The first-order chi connectivity index (χ1) is 9.74. The van der Waals surface area contributed by atoms with Crippen molar-refractivity contribution in [2.75, 3.05) is 7.11 Å². The van der Waals surface area contributed by atoms with Gasteiger partial charge >= 0.3 is 0 Å². The maximum absolute atomic E-state index is 6.03. The third kappa shape index (κ3) is 1.63. The van der Waals surface area contributed by atoms with Crippen LogP contribution in [0.3, 0.4) is 0 Å². The van der Waals surface area contributed by atoms with E-state index in [2.05, 4.69) is 11.1 Å². The van der Waals surface area contributed by atoms with E-state index in [1.54, 1.807) is 7.11 Å². The summed E-state index contributed by atoms with van der Waals surface area (Å²) in [5, 5.41) is 2.82. The maximum Gasteiger partial charge on any atom is 0.119 e. The van der Waals surface area contributed by atoms with Gasteiger partial charge in [0.1, 0.15) is 5.75 Å². The van der Waals surface area contributed by atoms with E-state index >= 15 is 0 Å². The van der Waals surface area contributed by atoms with Crippen molar-refractivity contribution in [2.45, 2.75) is 0 Å². The normalized spacial score (nSPS) is 11.5. The number of pyridine rings is 1. The Morgan fingerprint density at radius 2 is 1.95 bits per heavy atom. The molecular formula is C16H11ClN2O. The summed E-state index contributed by atoms with van der Waals surface area (Å²) in [4.78, 5) is 8.12. The van der Waals surface area contributed by atoms with E-state index in [1.165, 1.54) is 0 Å². The molecule has 0 saturated heterocycles. The summed E-state index contributed by atoms with van der Waals surface area (Å²) in [5.74, 6) is 0.830. The number of ether oxygens (including phenoxy) is 1.